The Morgan fingerprint density at radius 2 is 1.71 bits per heavy atom. The van der Waals surface area contributed by atoms with Gasteiger partial charge in [-0.3, -0.25) is 5.10 Å². The number of H-pyrrole nitrogens is 1. The second kappa shape index (κ2) is 6.72. The predicted molar refractivity (Wildman–Crippen MR) is 82.1 cm³/mol. The van der Waals surface area contributed by atoms with Gasteiger partial charge < -0.3 is 10.1 Å². The van der Waals surface area contributed by atoms with Crippen molar-refractivity contribution in [3.05, 3.63) is 78.1 Å². The molecule has 4 nitrogen and oxygen atoms in total. The number of hydrogen-bond donors (Lipinski definition) is 2. The fraction of sp³-hybridized carbons (Fsp3) is 0.118. The Hall–Kier alpha value is -2.59. The van der Waals surface area contributed by atoms with Gasteiger partial charge in [-0.05, 0) is 29.8 Å². The Morgan fingerprint density at radius 3 is 2.52 bits per heavy atom. The first-order valence-corrected chi connectivity index (χ1v) is 6.90. The van der Waals surface area contributed by atoms with Crippen molar-refractivity contribution >= 4 is 0 Å². The molecule has 1 aromatic heterocycles. The minimum Gasteiger partial charge on any atom is -0.457 e. The molecule has 3 aromatic rings. The van der Waals surface area contributed by atoms with E-state index in [9.17, 15) is 0 Å². The molecule has 21 heavy (non-hydrogen) atoms. The van der Waals surface area contributed by atoms with Gasteiger partial charge in [0.15, 0.2) is 0 Å². The number of para-hydroxylation sites is 1. The Kier molecular flexibility index (Phi) is 4.29. The second-order valence-electron chi connectivity index (χ2n) is 4.77. The summed E-state index contributed by atoms with van der Waals surface area (Å²) in [5.74, 6) is 1.70. The van der Waals surface area contributed by atoms with Crippen LogP contribution in [0.5, 0.6) is 11.5 Å². The van der Waals surface area contributed by atoms with Gasteiger partial charge in [0.05, 0.1) is 6.20 Å². The van der Waals surface area contributed by atoms with Crippen LogP contribution >= 0.6 is 0 Å². The molecule has 0 saturated heterocycles. The molecular formula is C17H17N3O. The van der Waals surface area contributed by atoms with E-state index in [1.807, 2.05) is 54.9 Å². The third-order valence-electron chi connectivity index (χ3n) is 3.09. The number of aromatic amines is 1. The van der Waals surface area contributed by atoms with Crippen molar-refractivity contribution in [1.29, 1.82) is 0 Å². The van der Waals surface area contributed by atoms with Gasteiger partial charge in [-0.2, -0.15) is 5.10 Å². The van der Waals surface area contributed by atoms with Crippen LogP contribution in [-0.4, -0.2) is 10.2 Å². The maximum Gasteiger partial charge on any atom is 0.127 e. The normalized spacial score (nSPS) is 10.5. The van der Waals surface area contributed by atoms with E-state index in [1.54, 1.807) is 0 Å². The van der Waals surface area contributed by atoms with E-state index < -0.39 is 0 Å². The highest BCUT2D eigenvalue weighted by molar-refractivity contribution is 5.33. The van der Waals surface area contributed by atoms with E-state index >= 15 is 0 Å². The Morgan fingerprint density at radius 1 is 0.905 bits per heavy atom. The number of ether oxygens (including phenoxy) is 1. The van der Waals surface area contributed by atoms with E-state index in [0.717, 1.165) is 30.2 Å². The summed E-state index contributed by atoms with van der Waals surface area (Å²) in [5, 5.41) is 10.1. The molecule has 4 heteroatoms. The van der Waals surface area contributed by atoms with Crippen molar-refractivity contribution in [2.45, 2.75) is 13.1 Å². The lowest BCUT2D eigenvalue weighted by Gasteiger charge is -2.08. The molecule has 0 amide bonds. The summed E-state index contributed by atoms with van der Waals surface area (Å²) >= 11 is 0. The standard InChI is InChI=1S/C17H17N3O/c1-2-6-16(7-3-1)21-17-8-4-5-14(9-17)10-18-11-15-12-19-20-13-15/h1-9,12-13,18H,10-11H2,(H,19,20). The molecule has 0 unspecified atom stereocenters. The van der Waals surface area contributed by atoms with Gasteiger partial charge in [0, 0.05) is 24.8 Å². The molecule has 0 radical (unpaired) electrons. The molecule has 106 valence electrons. The monoisotopic (exact) mass is 279 g/mol. The molecule has 2 N–H and O–H groups in total. The first-order chi connectivity index (χ1) is 10.4. The van der Waals surface area contributed by atoms with Gasteiger partial charge in [0.1, 0.15) is 11.5 Å². The lowest BCUT2D eigenvalue weighted by atomic mass is 10.2. The van der Waals surface area contributed by atoms with Crippen LogP contribution in [0.3, 0.4) is 0 Å². The quantitative estimate of drug-likeness (QED) is 0.726. The van der Waals surface area contributed by atoms with Crippen molar-refractivity contribution < 1.29 is 4.74 Å². The maximum absolute atomic E-state index is 5.83. The maximum atomic E-state index is 5.83. The number of rotatable bonds is 6. The van der Waals surface area contributed by atoms with Crippen LogP contribution in [0.25, 0.3) is 0 Å². The zero-order valence-electron chi connectivity index (χ0n) is 11.6. The molecule has 1 heterocycles. The molecular weight excluding hydrogens is 262 g/mol. The van der Waals surface area contributed by atoms with Crippen molar-refractivity contribution in [2.24, 2.45) is 0 Å². The fourth-order valence-electron chi connectivity index (χ4n) is 2.07. The Labute approximate surface area is 123 Å². The number of nitrogens with one attached hydrogen (secondary N) is 2. The molecule has 0 aliphatic heterocycles. The highest BCUT2D eigenvalue weighted by Gasteiger charge is 1.99. The van der Waals surface area contributed by atoms with Gasteiger partial charge in [-0.1, -0.05) is 30.3 Å². The largest absolute Gasteiger partial charge is 0.457 e. The first kappa shape index (κ1) is 13.4. The predicted octanol–water partition coefficient (Wildman–Crippen LogP) is 3.49. The summed E-state index contributed by atoms with van der Waals surface area (Å²) in [5.41, 5.74) is 2.33. The molecule has 3 rings (SSSR count). The van der Waals surface area contributed by atoms with Crippen LogP contribution < -0.4 is 10.1 Å². The van der Waals surface area contributed by atoms with Gasteiger partial charge in [0.2, 0.25) is 0 Å². The summed E-state index contributed by atoms with van der Waals surface area (Å²) in [6.07, 6.45) is 3.71. The molecule has 0 fully saturated rings. The highest BCUT2D eigenvalue weighted by Crippen LogP contribution is 2.21. The van der Waals surface area contributed by atoms with Crippen LogP contribution in [0, 0.1) is 0 Å². The number of aromatic nitrogens is 2. The van der Waals surface area contributed by atoms with Crippen LogP contribution in [-0.2, 0) is 13.1 Å². The molecule has 0 atom stereocenters. The lowest BCUT2D eigenvalue weighted by molar-refractivity contribution is 0.481. The van der Waals surface area contributed by atoms with Crippen LogP contribution in [0.4, 0.5) is 0 Å². The summed E-state index contributed by atoms with van der Waals surface area (Å²) in [7, 11) is 0. The summed E-state index contributed by atoms with van der Waals surface area (Å²) < 4.78 is 5.83. The van der Waals surface area contributed by atoms with Crippen molar-refractivity contribution in [3.8, 4) is 11.5 Å². The van der Waals surface area contributed by atoms with Gasteiger partial charge in [-0.25, -0.2) is 0 Å². The molecule has 2 aromatic carbocycles. The van der Waals surface area contributed by atoms with Crippen molar-refractivity contribution in [1.82, 2.24) is 15.5 Å². The van der Waals surface area contributed by atoms with E-state index in [1.165, 1.54) is 5.56 Å². The zero-order chi connectivity index (χ0) is 14.3. The zero-order valence-corrected chi connectivity index (χ0v) is 11.6. The third-order valence-corrected chi connectivity index (χ3v) is 3.09. The van der Waals surface area contributed by atoms with Gasteiger partial charge >= 0.3 is 0 Å². The van der Waals surface area contributed by atoms with E-state index in [0.29, 0.717) is 0 Å². The number of nitrogens with zero attached hydrogens (tertiary/aromatic N) is 1. The van der Waals surface area contributed by atoms with Crippen molar-refractivity contribution in [2.75, 3.05) is 0 Å². The summed E-state index contributed by atoms with van der Waals surface area (Å²) in [6.45, 7) is 1.58. The Balaban J connectivity index is 1.58. The minimum atomic E-state index is 0.789. The fourth-order valence-corrected chi connectivity index (χ4v) is 2.07. The smallest absolute Gasteiger partial charge is 0.127 e. The Bertz CT molecular complexity index is 666. The van der Waals surface area contributed by atoms with Crippen LogP contribution in [0.2, 0.25) is 0 Å². The molecule has 0 aliphatic rings. The lowest BCUT2D eigenvalue weighted by Crippen LogP contribution is -2.12. The van der Waals surface area contributed by atoms with Gasteiger partial charge in [-0.15, -0.1) is 0 Å². The van der Waals surface area contributed by atoms with Crippen molar-refractivity contribution in [3.63, 3.8) is 0 Å². The van der Waals surface area contributed by atoms with Gasteiger partial charge in [0.25, 0.3) is 0 Å². The first-order valence-electron chi connectivity index (χ1n) is 6.90. The summed E-state index contributed by atoms with van der Waals surface area (Å²) in [6, 6.07) is 17.9. The van der Waals surface area contributed by atoms with E-state index in [4.69, 9.17) is 4.74 Å². The minimum absolute atomic E-state index is 0.789. The number of benzene rings is 2. The van der Waals surface area contributed by atoms with Crippen LogP contribution in [0.1, 0.15) is 11.1 Å². The number of hydrogen-bond acceptors (Lipinski definition) is 3. The molecule has 0 aliphatic carbocycles. The average Bonchev–Trinajstić information content (AvgIpc) is 3.02. The molecule has 0 saturated carbocycles. The third kappa shape index (κ3) is 3.94. The highest BCUT2D eigenvalue weighted by atomic mass is 16.5. The molecule has 0 spiro atoms. The summed E-state index contributed by atoms with van der Waals surface area (Å²) in [4.78, 5) is 0. The average molecular weight is 279 g/mol. The molecule has 0 bridgehead atoms. The second-order valence-corrected chi connectivity index (χ2v) is 4.77. The van der Waals surface area contributed by atoms with E-state index in [2.05, 4.69) is 27.6 Å². The van der Waals surface area contributed by atoms with Crippen LogP contribution in [0.15, 0.2) is 67.0 Å². The van der Waals surface area contributed by atoms with E-state index in [-0.39, 0.29) is 0 Å². The topological polar surface area (TPSA) is 49.9 Å². The SMILES string of the molecule is c1ccc(Oc2cccc(CNCc3cn[nH]c3)c2)cc1.